The fourth-order valence-corrected chi connectivity index (χ4v) is 2.98. The fraction of sp³-hybridized carbons (Fsp3) is 0.533. The van der Waals surface area contributed by atoms with Crippen LogP contribution in [0.3, 0.4) is 0 Å². The summed E-state index contributed by atoms with van der Waals surface area (Å²) in [4.78, 5) is 4.74. The third-order valence-corrected chi connectivity index (χ3v) is 4.02. The Morgan fingerprint density at radius 3 is 2.58 bits per heavy atom. The summed E-state index contributed by atoms with van der Waals surface area (Å²) in [6.45, 7) is 8.54. The van der Waals surface area contributed by atoms with Gasteiger partial charge in [-0.25, -0.2) is 4.98 Å². The summed E-state index contributed by atoms with van der Waals surface area (Å²) in [7, 11) is 1.96. The molecule has 3 nitrogen and oxygen atoms in total. The van der Waals surface area contributed by atoms with E-state index in [9.17, 15) is 0 Å². The van der Waals surface area contributed by atoms with Gasteiger partial charge in [-0.15, -0.1) is 11.3 Å². The van der Waals surface area contributed by atoms with Crippen molar-refractivity contribution in [3.63, 3.8) is 0 Å². The molecule has 19 heavy (non-hydrogen) atoms. The number of likely N-dealkylation sites (N-methyl/N-ethyl adjacent to an activating group) is 1. The van der Waals surface area contributed by atoms with E-state index in [0.29, 0.717) is 0 Å². The van der Waals surface area contributed by atoms with Gasteiger partial charge in [0, 0.05) is 17.2 Å². The highest BCUT2D eigenvalue weighted by Gasteiger charge is 2.20. The number of furan rings is 1. The first-order chi connectivity index (χ1) is 8.90. The highest BCUT2D eigenvalue weighted by atomic mass is 32.1. The van der Waals surface area contributed by atoms with Crippen LogP contribution in [0.1, 0.15) is 49.0 Å². The van der Waals surface area contributed by atoms with Crippen molar-refractivity contribution < 1.29 is 4.42 Å². The average molecular weight is 278 g/mol. The van der Waals surface area contributed by atoms with Crippen molar-refractivity contribution in [2.24, 2.45) is 0 Å². The van der Waals surface area contributed by atoms with Crippen LogP contribution in [-0.2, 0) is 11.8 Å². The molecule has 0 bridgehead atoms. The maximum absolute atomic E-state index is 5.70. The number of thiazole rings is 1. The normalized spacial score (nSPS) is 13.7. The third-order valence-electron chi connectivity index (χ3n) is 3.15. The summed E-state index contributed by atoms with van der Waals surface area (Å²) in [5.74, 6) is 1.93. The zero-order chi connectivity index (χ0) is 14.0. The molecule has 0 aliphatic rings. The maximum Gasteiger partial charge on any atom is 0.121 e. The molecule has 1 atom stereocenters. The molecule has 0 amide bonds. The van der Waals surface area contributed by atoms with E-state index >= 15 is 0 Å². The third kappa shape index (κ3) is 3.45. The molecule has 2 aromatic rings. The van der Waals surface area contributed by atoms with Crippen LogP contribution in [0.15, 0.2) is 21.9 Å². The Hall–Kier alpha value is -1.13. The minimum Gasteiger partial charge on any atom is -0.465 e. The number of aryl methyl sites for hydroxylation is 1. The summed E-state index contributed by atoms with van der Waals surface area (Å²) in [5, 5.41) is 6.61. The largest absolute Gasteiger partial charge is 0.465 e. The van der Waals surface area contributed by atoms with Crippen molar-refractivity contribution in [3.8, 4) is 0 Å². The SMILES string of the molecule is CNC(Cc1nc(C(C)(C)C)cs1)c1ccc(C)o1. The molecular weight excluding hydrogens is 256 g/mol. The van der Waals surface area contributed by atoms with E-state index in [2.05, 4.69) is 31.5 Å². The van der Waals surface area contributed by atoms with Gasteiger partial charge in [-0.1, -0.05) is 20.8 Å². The summed E-state index contributed by atoms with van der Waals surface area (Å²) < 4.78 is 5.70. The van der Waals surface area contributed by atoms with Crippen LogP contribution in [-0.4, -0.2) is 12.0 Å². The van der Waals surface area contributed by atoms with E-state index < -0.39 is 0 Å². The van der Waals surface area contributed by atoms with Crippen molar-refractivity contribution in [1.29, 1.82) is 0 Å². The van der Waals surface area contributed by atoms with Crippen molar-refractivity contribution in [1.82, 2.24) is 10.3 Å². The predicted octanol–water partition coefficient (Wildman–Crippen LogP) is 3.85. The summed E-state index contributed by atoms with van der Waals surface area (Å²) >= 11 is 1.73. The minimum absolute atomic E-state index is 0.116. The van der Waals surface area contributed by atoms with Crippen LogP contribution in [0.5, 0.6) is 0 Å². The van der Waals surface area contributed by atoms with Crippen LogP contribution in [0.25, 0.3) is 0 Å². The van der Waals surface area contributed by atoms with E-state index in [1.54, 1.807) is 11.3 Å². The van der Waals surface area contributed by atoms with Gasteiger partial charge in [-0.3, -0.25) is 0 Å². The first-order valence-corrected chi connectivity index (χ1v) is 7.46. The van der Waals surface area contributed by atoms with Gasteiger partial charge in [0.1, 0.15) is 11.5 Å². The zero-order valence-electron chi connectivity index (χ0n) is 12.3. The molecule has 0 saturated carbocycles. The van der Waals surface area contributed by atoms with Gasteiger partial charge in [0.2, 0.25) is 0 Å². The fourth-order valence-electron chi connectivity index (χ4n) is 1.91. The second-order valence-electron chi connectivity index (χ2n) is 5.87. The van der Waals surface area contributed by atoms with E-state index in [0.717, 1.165) is 28.6 Å². The first kappa shape index (κ1) is 14.3. The second kappa shape index (κ2) is 5.47. The minimum atomic E-state index is 0.116. The molecule has 4 heteroatoms. The smallest absolute Gasteiger partial charge is 0.121 e. The number of nitrogens with zero attached hydrogens (tertiary/aromatic N) is 1. The standard InChI is InChI=1S/C15H22N2OS/c1-10-6-7-12(18-10)11(16-5)8-14-17-13(9-19-14)15(2,3)4/h6-7,9,11,16H,8H2,1-5H3. The number of aromatic nitrogens is 1. The Kier molecular flexibility index (Phi) is 4.11. The van der Waals surface area contributed by atoms with Gasteiger partial charge in [-0.05, 0) is 26.1 Å². The highest BCUT2D eigenvalue weighted by molar-refractivity contribution is 7.09. The molecule has 104 valence electrons. The quantitative estimate of drug-likeness (QED) is 0.923. The molecule has 1 N–H and O–H groups in total. The van der Waals surface area contributed by atoms with Crippen molar-refractivity contribution in [3.05, 3.63) is 39.7 Å². The lowest BCUT2D eigenvalue weighted by molar-refractivity contribution is 0.414. The van der Waals surface area contributed by atoms with Crippen molar-refractivity contribution in [2.75, 3.05) is 7.05 Å². The van der Waals surface area contributed by atoms with Gasteiger partial charge in [0.15, 0.2) is 0 Å². The van der Waals surface area contributed by atoms with Crippen molar-refractivity contribution in [2.45, 2.75) is 45.6 Å². The van der Waals surface area contributed by atoms with Crippen LogP contribution in [0.4, 0.5) is 0 Å². The summed E-state index contributed by atoms with van der Waals surface area (Å²) in [5.41, 5.74) is 1.28. The van der Waals surface area contributed by atoms with Gasteiger partial charge in [0.25, 0.3) is 0 Å². The lowest BCUT2D eigenvalue weighted by Crippen LogP contribution is -2.18. The van der Waals surface area contributed by atoms with E-state index in [1.807, 2.05) is 26.1 Å². The zero-order valence-corrected chi connectivity index (χ0v) is 13.1. The number of hydrogen-bond donors (Lipinski definition) is 1. The molecule has 1 unspecified atom stereocenters. The second-order valence-corrected chi connectivity index (χ2v) is 6.81. The highest BCUT2D eigenvalue weighted by Crippen LogP contribution is 2.27. The monoisotopic (exact) mass is 278 g/mol. The van der Waals surface area contributed by atoms with Gasteiger partial charge < -0.3 is 9.73 Å². The Balaban J connectivity index is 2.13. The molecule has 0 aliphatic heterocycles. The molecule has 0 radical (unpaired) electrons. The van der Waals surface area contributed by atoms with Gasteiger partial charge in [0.05, 0.1) is 16.7 Å². The molecule has 2 aromatic heterocycles. The van der Waals surface area contributed by atoms with Gasteiger partial charge >= 0.3 is 0 Å². The molecular formula is C15H22N2OS. The number of nitrogens with one attached hydrogen (secondary N) is 1. The van der Waals surface area contributed by atoms with E-state index in [4.69, 9.17) is 9.40 Å². The van der Waals surface area contributed by atoms with Crippen LogP contribution in [0.2, 0.25) is 0 Å². The predicted molar refractivity (Wildman–Crippen MR) is 79.8 cm³/mol. The molecule has 2 heterocycles. The molecule has 0 aliphatic carbocycles. The van der Waals surface area contributed by atoms with E-state index in [1.165, 1.54) is 0 Å². The lowest BCUT2D eigenvalue weighted by atomic mass is 9.93. The molecule has 0 aromatic carbocycles. The molecule has 0 fully saturated rings. The number of rotatable bonds is 4. The Labute approximate surface area is 119 Å². The lowest BCUT2D eigenvalue weighted by Gasteiger charge is -2.15. The first-order valence-electron chi connectivity index (χ1n) is 6.58. The maximum atomic E-state index is 5.70. The topological polar surface area (TPSA) is 38.1 Å². The van der Waals surface area contributed by atoms with Crippen LogP contribution in [0, 0.1) is 6.92 Å². The van der Waals surface area contributed by atoms with Crippen LogP contribution < -0.4 is 5.32 Å². The molecule has 0 spiro atoms. The van der Waals surface area contributed by atoms with Crippen molar-refractivity contribution >= 4 is 11.3 Å². The Morgan fingerprint density at radius 1 is 1.37 bits per heavy atom. The Bertz CT molecular complexity index is 536. The average Bonchev–Trinajstić information content (AvgIpc) is 2.94. The van der Waals surface area contributed by atoms with Gasteiger partial charge in [-0.2, -0.15) is 0 Å². The molecule has 2 rings (SSSR count). The van der Waals surface area contributed by atoms with E-state index in [-0.39, 0.29) is 11.5 Å². The number of hydrogen-bond acceptors (Lipinski definition) is 4. The summed E-state index contributed by atoms with van der Waals surface area (Å²) in [6.07, 6.45) is 0.865. The van der Waals surface area contributed by atoms with Crippen LogP contribution >= 0.6 is 11.3 Å². The summed E-state index contributed by atoms with van der Waals surface area (Å²) in [6, 6.07) is 4.23. The molecule has 0 saturated heterocycles. The Morgan fingerprint density at radius 2 is 2.11 bits per heavy atom.